The Balaban J connectivity index is 2.59. The van der Waals surface area contributed by atoms with Gasteiger partial charge in [0.05, 0.1) is 18.4 Å². The van der Waals surface area contributed by atoms with E-state index in [1.165, 1.54) is 31.4 Å². The van der Waals surface area contributed by atoms with Crippen LogP contribution in [0.5, 0.6) is 5.75 Å². The summed E-state index contributed by atoms with van der Waals surface area (Å²) in [4.78, 5) is 3.28. The Kier molecular flexibility index (Phi) is 4.04. The van der Waals surface area contributed by atoms with Crippen LogP contribution in [0.15, 0.2) is 36.4 Å². The van der Waals surface area contributed by atoms with Crippen LogP contribution in [0.2, 0.25) is 0 Å². The summed E-state index contributed by atoms with van der Waals surface area (Å²) in [7, 11) is 1.39. The van der Waals surface area contributed by atoms with Gasteiger partial charge in [-0.2, -0.15) is 26.3 Å². The van der Waals surface area contributed by atoms with Crippen LogP contribution < -0.4 is 4.74 Å². The molecule has 0 amide bonds. The summed E-state index contributed by atoms with van der Waals surface area (Å²) in [6, 6.07) is 6.09. The highest BCUT2D eigenvalue weighted by atomic mass is 19.4. The van der Waals surface area contributed by atoms with Gasteiger partial charge in [-0.15, -0.1) is 0 Å². The lowest BCUT2D eigenvalue weighted by Gasteiger charge is -2.13. The van der Waals surface area contributed by atoms with E-state index in [2.05, 4.69) is 4.98 Å². The molecule has 0 aliphatic heterocycles. The fraction of sp³-hybridized carbons (Fsp3) is 0.214. The largest absolute Gasteiger partial charge is 0.497 e. The number of hydrogen-bond acceptors (Lipinski definition) is 2. The number of benzene rings is 1. The van der Waals surface area contributed by atoms with Crippen LogP contribution in [0.4, 0.5) is 26.3 Å². The lowest BCUT2D eigenvalue weighted by atomic mass is 10.1. The summed E-state index contributed by atoms with van der Waals surface area (Å²) in [5.74, 6) is 0.423. The minimum atomic E-state index is -4.97. The molecule has 1 aromatic heterocycles. The molecule has 0 bridgehead atoms. The van der Waals surface area contributed by atoms with Gasteiger partial charge >= 0.3 is 12.4 Å². The molecular weight excluding hydrogens is 312 g/mol. The minimum absolute atomic E-state index is 0.00692. The van der Waals surface area contributed by atoms with Gasteiger partial charge in [-0.3, -0.25) is 0 Å². The molecule has 0 saturated carbocycles. The maximum atomic E-state index is 12.8. The third kappa shape index (κ3) is 3.49. The molecule has 0 atom stereocenters. The van der Waals surface area contributed by atoms with Crippen LogP contribution in [-0.4, -0.2) is 12.1 Å². The van der Waals surface area contributed by atoms with Crippen LogP contribution >= 0.6 is 0 Å². The first-order chi connectivity index (χ1) is 10.1. The van der Waals surface area contributed by atoms with E-state index in [1.807, 2.05) is 0 Å². The molecule has 0 radical (unpaired) electrons. The van der Waals surface area contributed by atoms with Gasteiger partial charge in [-0.25, -0.2) is 4.98 Å². The van der Waals surface area contributed by atoms with Gasteiger partial charge in [-0.05, 0) is 36.4 Å². The third-order valence-electron chi connectivity index (χ3n) is 2.83. The number of aromatic nitrogens is 1. The standard InChI is InChI=1S/C14H9F6NO/c1-22-10-4-2-8(3-5-10)11-6-9(13(15,16)17)7-12(21-11)14(18,19)20/h2-7H,1H3. The van der Waals surface area contributed by atoms with Crippen molar-refractivity contribution >= 4 is 0 Å². The first-order valence-corrected chi connectivity index (χ1v) is 5.92. The highest BCUT2D eigenvalue weighted by Gasteiger charge is 2.38. The van der Waals surface area contributed by atoms with E-state index in [9.17, 15) is 26.3 Å². The van der Waals surface area contributed by atoms with E-state index in [4.69, 9.17) is 4.74 Å². The van der Waals surface area contributed by atoms with Crippen molar-refractivity contribution in [1.82, 2.24) is 4.98 Å². The van der Waals surface area contributed by atoms with Crippen LogP contribution in [0.3, 0.4) is 0 Å². The van der Waals surface area contributed by atoms with Gasteiger partial charge in [0.25, 0.3) is 0 Å². The highest BCUT2D eigenvalue weighted by Crippen LogP contribution is 2.36. The van der Waals surface area contributed by atoms with E-state index in [1.54, 1.807) is 0 Å². The Bertz CT molecular complexity index is 628. The molecule has 1 aromatic carbocycles. The second-order valence-corrected chi connectivity index (χ2v) is 4.35. The van der Waals surface area contributed by atoms with Gasteiger partial charge in [0.15, 0.2) is 0 Å². The summed E-state index contributed by atoms with van der Waals surface area (Å²) in [5.41, 5.74) is -3.28. The van der Waals surface area contributed by atoms with Gasteiger partial charge in [0.1, 0.15) is 11.4 Å². The van der Waals surface area contributed by atoms with Crippen LogP contribution in [0.25, 0.3) is 11.3 Å². The molecule has 0 aliphatic carbocycles. The van der Waals surface area contributed by atoms with Gasteiger partial charge in [0.2, 0.25) is 0 Å². The molecule has 2 aromatic rings. The summed E-state index contributed by atoms with van der Waals surface area (Å²) in [5, 5.41) is 0. The third-order valence-corrected chi connectivity index (χ3v) is 2.83. The maximum absolute atomic E-state index is 12.8. The Morgan fingerprint density at radius 3 is 1.91 bits per heavy atom. The molecule has 0 aliphatic rings. The van der Waals surface area contributed by atoms with E-state index < -0.39 is 29.3 Å². The summed E-state index contributed by atoms with van der Waals surface area (Å²) < 4.78 is 81.3. The molecule has 0 spiro atoms. The zero-order valence-electron chi connectivity index (χ0n) is 11.1. The van der Waals surface area contributed by atoms with Crippen LogP contribution in [-0.2, 0) is 12.4 Å². The quantitative estimate of drug-likeness (QED) is 0.742. The predicted octanol–water partition coefficient (Wildman–Crippen LogP) is 4.79. The number of methoxy groups -OCH3 is 1. The van der Waals surface area contributed by atoms with Gasteiger partial charge < -0.3 is 4.74 Å². The molecule has 2 rings (SSSR count). The number of pyridine rings is 1. The van der Waals surface area contributed by atoms with Gasteiger partial charge in [-0.1, -0.05) is 0 Å². The predicted molar refractivity (Wildman–Crippen MR) is 66.2 cm³/mol. The molecular formula is C14H9F6NO. The number of rotatable bonds is 2. The second kappa shape index (κ2) is 5.51. The molecule has 0 unspecified atom stereocenters. The SMILES string of the molecule is COc1ccc(-c2cc(C(F)(F)F)cc(C(F)(F)F)n2)cc1. The van der Waals surface area contributed by atoms with Crippen molar-refractivity contribution in [3.8, 4) is 17.0 Å². The van der Waals surface area contributed by atoms with Crippen molar-refractivity contribution in [1.29, 1.82) is 0 Å². The maximum Gasteiger partial charge on any atom is 0.433 e. The van der Waals surface area contributed by atoms with Crippen molar-refractivity contribution in [2.75, 3.05) is 7.11 Å². The van der Waals surface area contributed by atoms with Crippen LogP contribution in [0, 0.1) is 0 Å². The number of nitrogens with zero attached hydrogens (tertiary/aromatic N) is 1. The molecule has 118 valence electrons. The molecule has 0 fully saturated rings. The van der Waals surface area contributed by atoms with E-state index in [-0.39, 0.29) is 11.6 Å². The summed E-state index contributed by atoms with van der Waals surface area (Å²) >= 11 is 0. The lowest BCUT2D eigenvalue weighted by Crippen LogP contribution is -2.13. The summed E-state index contributed by atoms with van der Waals surface area (Å²) in [6.07, 6.45) is -9.87. The van der Waals surface area contributed by atoms with Crippen molar-refractivity contribution in [3.63, 3.8) is 0 Å². The van der Waals surface area contributed by atoms with Gasteiger partial charge in [0, 0.05) is 5.56 Å². The average molecular weight is 321 g/mol. The lowest BCUT2D eigenvalue weighted by molar-refractivity contribution is -0.145. The first-order valence-electron chi connectivity index (χ1n) is 5.92. The number of hydrogen-bond donors (Lipinski definition) is 0. The molecule has 22 heavy (non-hydrogen) atoms. The number of halogens is 6. The normalized spacial score (nSPS) is 12.3. The van der Waals surface area contributed by atoms with Crippen molar-refractivity contribution < 1.29 is 31.1 Å². The van der Waals surface area contributed by atoms with Crippen molar-refractivity contribution in [3.05, 3.63) is 47.7 Å². The number of ether oxygens (including phenoxy) is 1. The molecule has 0 N–H and O–H groups in total. The van der Waals surface area contributed by atoms with E-state index in [0.29, 0.717) is 11.8 Å². The smallest absolute Gasteiger partial charge is 0.433 e. The zero-order chi connectivity index (χ0) is 16.5. The Morgan fingerprint density at radius 2 is 1.45 bits per heavy atom. The first kappa shape index (κ1) is 16.1. The highest BCUT2D eigenvalue weighted by molar-refractivity contribution is 5.61. The average Bonchev–Trinajstić information content (AvgIpc) is 2.45. The Hall–Kier alpha value is -2.25. The number of alkyl halides is 6. The molecule has 8 heteroatoms. The molecule has 0 saturated heterocycles. The van der Waals surface area contributed by atoms with Crippen molar-refractivity contribution in [2.24, 2.45) is 0 Å². The monoisotopic (exact) mass is 321 g/mol. The topological polar surface area (TPSA) is 22.1 Å². The summed E-state index contributed by atoms with van der Waals surface area (Å²) in [6.45, 7) is 0. The Labute approximate surface area is 121 Å². The van der Waals surface area contributed by atoms with E-state index >= 15 is 0 Å². The minimum Gasteiger partial charge on any atom is -0.497 e. The molecule has 2 nitrogen and oxygen atoms in total. The Morgan fingerprint density at radius 1 is 0.864 bits per heavy atom. The second-order valence-electron chi connectivity index (χ2n) is 4.35. The van der Waals surface area contributed by atoms with Crippen molar-refractivity contribution in [2.45, 2.75) is 12.4 Å². The fourth-order valence-corrected chi connectivity index (χ4v) is 1.75. The van der Waals surface area contributed by atoms with Crippen LogP contribution in [0.1, 0.15) is 11.3 Å². The van der Waals surface area contributed by atoms with E-state index in [0.717, 1.165) is 0 Å². The molecule has 1 heterocycles. The zero-order valence-corrected chi connectivity index (χ0v) is 11.1. The fourth-order valence-electron chi connectivity index (χ4n) is 1.75.